The Morgan fingerprint density at radius 3 is 2.19 bits per heavy atom. The molecule has 0 spiro atoms. The first-order chi connectivity index (χ1) is 17.9. The van der Waals surface area contributed by atoms with E-state index in [4.69, 9.17) is 9.47 Å². The van der Waals surface area contributed by atoms with Crippen LogP contribution >= 0.6 is 0 Å². The number of ketones is 1. The molecule has 0 bridgehead atoms. The fourth-order valence-electron chi connectivity index (χ4n) is 3.96. The zero-order valence-corrected chi connectivity index (χ0v) is 20.5. The maximum Gasteiger partial charge on any atom is 0.345 e. The van der Waals surface area contributed by atoms with Crippen LogP contribution < -0.4 is 5.32 Å². The molecule has 0 saturated carbocycles. The molecular weight excluding hydrogens is 486 g/mol. The Morgan fingerprint density at radius 1 is 0.946 bits per heavy atom. The predicted molar refractivity (Wildman–Crippen MR) is 131 cm³/mol. The number of hydrogen-bond acceptors (Lipinski definition) is 7. The second-order valence-electron chi connectivity index (χ2n) is 8.75. The van der Waals surface area contributed by atoms with Gasteiger partial charge in [0.15, 0.2) is 5.78 Å². The number of amides is 1. The number of carbonyl (C=O) groups is 3. The SMILES string of the molecule is O=C(CN1CCOCC1)N[C@@H](COC(F)F)C(=O)C[C@@H](Cc1ccccc1)C(=O)OCc1ccccc1. The van der Waals surface area contributed by atoms with Crippen LogP contribution in [0.15, 0.2) is 60.7 Å². The van der Waals surface area contributed by atoms with Gasteiger partial charge in [0.05, 0.1) is 32.3 Å². The number of halogens is 2. The third-order valence-corrected chi connectivity index (χ3v) is 5.91. The Hall–Kier alpha value is -3.21. The van der Waals surface area contributed by atoms with Crippen molar-refractivity contribution in [2.24, 2.45) is 5.92 Å². The number of nitrogens with one attached hydrogen (secondary N) is 1. The average Bonchev–Trinajstić information content (AvgIpc) is 2.91. The van der Waals surface area contributed by atoms with Crippen molar-refractivity contribution in [3.05, 3.63) is 71.8 Å². The van der Waals surface area contributed by atoms with Crippen LogP contribution in [-0.2, 0) is 41.6 Å². The number of alkyl halides is 2. The minimum absolute atomic E-state index is 0.00558. The van der Waals surface area contributed by atoms with E-state index in [2.05, 4.69) is 10.1 Å². The molecule has 37 heavy (non-hydrogen) atoms. The Kier molecular flexibility index (Phi) is 11.6. The van der Waals surface area contributed by atoms with Crippen LogP contribution in [0, 0.1) is 5.92 Å². The van der Waals surface area contributed by atoms with Crippen molar-refractivity contribution < 1.29 is 37.4 Å². The summed E-state index contributed by atoms with van der Waals surface area (Å²) in [6.45, 7) is -1.73. The molecule has 1 amide bonds. The largest absolute Gasteiger partial charge is 0.461 e. The summed E-state index contributed by atoms with van der Waals surface area (Å²) in [5.74, 6) is -2.55. The van der Waals surface area contributed by atoms with Crippen LogP contribution in [0.5, 0.6) is 0 Å². The van der Waals surface area contributed by atoms with Gasteiger partial charge in [-0.05, 0) is 17.5 Å². The van der Waals surface area contributed by atoms with Gasteiger partial charge in [0.2, 0.25) is 5.91 Å². The predicted octanol–water partition coefficient (Wildman–Crippen LogP) is 2.60. The van der Waals surface area contributed by atoms with Gasteiger partial charge in [-0.2, -0.15) is 8.78 Å². The first-order valence-corrected chi connectivity index (χ1v) is 12.2. The van der Waals surface area contributed by atoms with Gasteiger partial charge in [0, 0.05) is 19.5 Å². The van der Waals surface area contributed by atoms with Gasteiger partial charge in [0.1, 0.15) is 12.6 Å². The van der Waals surface area contributed by atoms with Gasteiger partial charge in [0.25, 0.3) is 0 Å². The number of Topliss-reactive ketones (excluding diaryl/α,β-unsaturated/α-hetero) is 1. The fraction of sp³-hybridized carbons (Fsp3) is 0.444. The summed E-state index contributed by atoms with van der Waals surface area (Å²) in [4.78, 5) is 40.6. The first-order valence-electron chi connectivity index (χ1n) is 12.2. The summed E-state index contributed by atoms with van der Waals surface area (Å²) in [5, 5.41) is 2.50. The number of carbonyl (C=O) groups excluding carboxylic acids is 3. The zero-order valence-electron chi connectivity index (χ0n) is 20.5. The first kappa shape index (κ1) is 28.4. The number of rotatable bonds is 14. The van der Waals surface area contributed by atoms with Gasteiger partial charge in [-0.3, -0.25) is 19.3 Å². The second-order valence-corrected chi connectivity index (χ2v) is 8.75. The van der Waals surface area contributed by atoms with Crippen LogP contribution in [-0.4, -0.2) is 74.7 Å². The van der Waals surface area contributed by atoms with E-state index in [9.17, 15) is 23.2 Å². The highest BCUT2D eigenvalue weighted by molar-refractivity contribution is 5.92. The molecule has 1 aliphatic heterocycles. The van der Waals surface area contributed by atoms with Gasteiger partial charge in [-0.15, -0.1) is 0 Å². The summed E-state index contributed by atoms with van der Waals surface area (Å²) in [6, 6.07) is 16.9. The number of morpholine rings is 1. The lowest BCUT2D eigenvalue weighted by molar-refractivity contribution is -0.154. The van der Waals surface area contributed by atoms with Crippen LogP contribution in [0.4, 0.5) is 8.78 Å². The van der Waals surface area contributed by atoms with Crippen LogP contribution in [0.25, 0.3) is 0 Å². The van der Waals surface area contributed by atoms with E-state index in [1.165, 1.54) is 0 Å². The monoisotopic (exact) mass is 518 g/mol. The average molecular weight is 519 g/mol. The molecule has 3 rings (SSSR count). The van der Waals surface area contributed by atoms with E-state index in [0.717, 1.165) is 11.1 Å². The van der Waals surface area contributed by atoms with Crippen molar-refractivity contribution >= 4 is 17.7 Å². The van der Waals surface area contributed by atoms with Crippen LogP contribution in [0.1, 0.15) is 17.5 Å². The van der Waals surface area contributed by atoms with Crippen molar-refractivity contribution in [2.45, 2.75) is 32.1 Å². The highest BCUT2D eigenvalue weighted by Gasteiger charge is 2.30. The maximum absolute atomic E-state index is 13.2. The van der Waals surface area contributed by atoms with Crippen molar-refractivity contribution in [1.29, 1.82) is 0 Å². The minimum Gasteiger partial charge on any atom is -0.461 e. The molecule has 1 aliphatic rings. The molecule has 2 aromatic carbocycles. The van der Waals surface area contributed by atoms with Crippen molar-refractivity contribution in [1.82, 2.24) is 10.2 Å². The van der Waals surface area contributed by atoms with E-state index < -0.39 is 42.8 Å². The van der Waals surface area contributed by atoms with E-state index >= 15 is 0 Å². The molecule has 0 unspecified atom stereocenters. The molecule has 1 heterocycles. The number of ether oxygens (including phenoxy) is 3. The molecule has 1 saturated heterocycles. The molecule has 1 fully saturated rings. The summed E-state index contributed by atoms with van der Waals surface area (Å²) >= 11 is 0. The molecular formula is C27H32F2N2O6. The van der Waals surface area contributed by atoms with Crippen molar-refractivity contribution in [3.63, 3.8) is 0 Å². The van der Waals surface area contributed by atoms with E-state index in [1.807, 2.05) is 65.6 Å². The molecule has 2 aromatic rings. The van der Waals surface area contributed by atoms with Gasteiger partial charge < -0.3 is 19.5 Å². The highest BCUT2D eigenvalue weighted by Crippen LogP contribution is 2.17. The smallest absolute Gasteiger partial charge is 0.345 e. The van der Waals surface area contributed by atoms with E-state index in [-0.39, 0.29) is 26.0 Å². The lowest BCUT2D eigenvalue weighted by atomic mass is 9.92. The molecule has 0 aromatic heterocycles. The lowest BCUT2D eigenvalue weighted by Crippen LogP contribution is -2.50. The van der Waals surface area contributed by atoms with Crippen molar-refractivity contribution in [3.8, 4) is 0 Å². The number of benzene rings is 2. The van der Waals surface area contributed by atoms with E-state index in [0.29, 0.717) is 26.3 Å². The summed E-state index contributed by atoms with van der Waals surface area (Å²) in [5.41, 5.74) is 1.60. The molecule has 8 nitrogen and oxygen atoms in total. The Balaban J connectivity index is 1.67. The second kappa shape index (κ2) is 15.1. The quantitative estimate of drug-likeness (QED) is 0.384. The Bertz CT molecular complexity index is 987. The van der Waals surface area contributed by atoms with Gasteiger partial charge in [-0.25, -0.2) is 0 Å². The van der Waals surface area contributed by atoms with Gasteiger partial charge >= 0.3 is 12.6 Å². The Labute approximate surface area is 214 Å². The molecule has 2 atom stereocenters. The number of hydrogen-bond donors (Lipinski definition) is 1. The number of nitrogens with zero attached hydrogens (tertiary/aromatic N) is 1. The van der Waals surface area contributed by atoms with E-state index in [1.54, 1.807) is 0 Å². The fourth-order valence-corrected chi connectivity index (χ4v) is 3.96. The molecule has 200 valence electrons. The highest BCUT2D eigenvalue weighted by atomic mass is 19.3. The molecule has 10 heteroatoms. The third kappa shape index (κ3) is 10.4. The van der Waals surface area contributed by atoms with Gasteiger partial charge in [-0.1, -0.05) is 60.7 Å². The minimum atomic E-state index is -3.11. The summed E-state index contributed by atoms with van der Waals surface area (Å²) in [6.07, 6.45) is -0.0953. The van der Waals surface area contributed by atoms with Crippen LogP contribution in [0.3, 0.4) is 0 Å². The lowest BCUT2D eigenvalue weighted by Gasteiger charge is -2.27. The topological polar surface area (TPSA) is 94.2 Å². The number of esters is 1. The van der Waals surface area contributed by atoms with Crippen LogP contribution in [0.2, 0.25) is 0 Å². The standard InChI is InChI=1S/C27H32F2N2O6/c28-27(29)37-19-23(30-25(33)17-31-11-13-35-14-12-31)24(32)16-22(15-20-7-3-1-4-8-20)26(34)36-18-21-9-5-2-6-10-21/h1-10,22-23,27H,11-19H2,(H,30,33)/t22-,23+/m1/s1. The molecule has 0 radical (unpaired) electrons. The normalized spacial score (nSPS) is 15.6. The molecule has 0 aliphatic carbocycles. The Morgan fingerprint density at radius 2 is 1.57 bits per heavy atom. The zero-order chi connectivity index (χ0) is 26.5. The maximum atomic E-state index is 13.2. The van der Waals surface area contributed by atoms with Crippen molar-refractivity contribution in [2.75, 3.05) is 39.5 Å². The summed E-state index contributed by atoms with van der Waals surface area (Å²) in [7, 11) is 0. The summed E-state index contributed by atoms with van der Waals surface area (Å²) < 4.78 is 40.6. The third-order valence-electron chi connectivity index (χ3n) is 5.91. The molecule has 1 N–H and O–H groups in total.